The third-order valence-electron chi connectivity index (χ3n) is 3.55. The molecule has 1 heterocycles. The van der Waals surface area contributed by atoms with Gasteiger partial charge in [0, 0.05) is 52.4 Å². The minimum absolute atomic E-state index is 0.437. The molecular weight excluding hydrogens is 264 g/mol. The zero-order valence-electron chi connectivity index (χ0n) is 12.2. The van der Waals surface area contributed by atoms with E-state index in [9.17, 15) is 9.59 Å². The first kappa shape index (κ1) is 16.5. The van der Waals surface area contributed by atoms with E-state index in [1.54, 1.807) is 0 Å². The Morgan fingerprint density at radius 3 is 1.10 bits per heavy atom. The molecule has 0 saturated carbocycles. The molecule has 1 aliphatic rings. The summed E-state index contributed by atoms with van der Waals surface area (Å²) in [5.74, 6) is 0. The van der Waals surface area contributed by atoms with Crippen LogP contribution in [-0.2, 0) is 0 Å². The highest BCUT2D eigenvalue weighted by Crippen LogP contribution is 1.98. The molecule has 1 rings (SSSR count). The van der Waals surface area contributed by atoms with Crippen molar-refractivity contribution in [3.05, 3.63) is 0 Å². The zero-order chi connectivity index (χ0) is 15.1. The highest BCUT2D eigenvalue weighted by molar-refractivity contribution is 5.65. The number of rotatable bonds is 0. The number of likely N-dealkylation sites (N-methyl/N-ethyl adjacent to an activating group) is 2. The fraction of sp³-hybridized carbons (Fsp3) is 0.833. The molecule has 8 heteroatoms. The van der Waals surface area contributed by atoms with Crippen molar-refractivity contribution in [2.45, 2.75) is 0 Å². The van der Waals surface area contributed by atoms with Gasteiger partial charge in [0.1, 0.15) is 0 Å². The minimum Gasteiger partial charge on any atom is -0.465 e. The van der Waals surface area contributed by atoms with E-state index >= 15 is 0 Å². The van der Waals surface area contributed by atoms with Crippen LogP contribution in [0.25, 0.3) is 0 Å². The van der Waals surface area contributed by atoms with Gasteiger partial charge in [-0.1, -0.05) is 0 Å². The van der Waals surface area contributed by atoms with Gasteiger partial charge < -0.3 is 29.8 Å². The largest absolute Gasteiger partial charge is 0.465 e. The normalized spacial score (nSPS) is 21.1. The molecule has 0 radical (unpaired) electrons. The summed E-state index contributed by atoms with van der Waals surface area (Å²) in [6.45, 7) is 4.15. The molecule has 0 aromatic rings. The van der Waals surface area contributed by atoms with Crippen molar-refractivity contribution < 1.29 is 19.8 Å². The average Bonchev–Trinajstić information content (AvgIpc) is 2.36. The van der Waals surface area contributed by atoms with Gasteiger partial charge >= 0.3 is 12.2 Å². The molecule has 2 N–H and O–H groups in total. The molecular formula is C12H24N4O4. The van der Waals surface area contributed by atoms with Crippen LogP contribution in [0.5, 0.6) is 0 Å². The number of carboxylic acid groups (broad SMARTS) is 2. The first-order valence-electron chi connectivity index (χ1n) is 6.73. The van der Waals surface area contributed by atoms with E-state index in [2.05, 4.69) is 0 Å². The molecule has 0 aromatic carbocycles. The molecule has 0 unspecified atom stereocenters. The van der Waals surface area contributed by atoms with E-state index in [1.807, 2.05) is 23.9 Å². The highest BCUT2D eigenvalue weighted by Gasteiger charge is 2.17. The van der Waals surface area contributed by atoms with E-state index in [4.69, 9.17) is 10.2 Å². The standard InChI is InChI=1S/C12H24N4O4/c1-13-3-7-15(11(17)18)9-5-14(2)6-10-16(8-4-13)12(19)20/h3-10H2,1-2H3,(H,17,18)(H,19,20). The molecule has 1 fully saturated rings. The number of hydrogen-bond acceptors (Lipinski definition) is 4. The Morgan fingerprint density at radius 2 is 0.900 bits per heavy atom. The SMILES string of the molecule is CN1CCN(C(=O)O)CCN(C)CCN(C(=O)O)CC1. The van der Waals surface area contributed by atoms with Gasteiger partial charge in [-0.05, 0) is 14.1 Å². The van der Waals surface area contributed by atoms with Crippen LogP contribution < -0.4 is 0 Å². The van der Waals surface area contributed by atoms with Crippen molar-refractivity contribution >= 4 is 12.2 Å². The van der Waals surface area contributed by atoms with Gasteiger partial charge in [0.25, 0.3) is 0 Å². The topological polar surface area (TPSA) is 87.6 Å². The van der Waals surface area contributed by atoms with Crippen LogP contribution in [0.15, 0.2) is 0 Å². The van der Waals surface area contributed by atoms with Crippen molar-refractivity contribution in [2.24, 2.45) is 0 Å². The van der Waals surface area contributed by atoms with Gasteiger partial charge in [-0.25, -0.2) is 9.59 Å². The summed E-state index contributed by atoms with van der Waals surface area (Å²) in [4.78, 5) is 29.0. The molecule has 0 aromatic heterocycles. The second kappa shape index (κ2) is 7.91. The Balaban J connectivity index is 2.64. The van der Waals surface area contributed by atoms with E-state index in [0.717, 1.165) is 0 Å². The van der Waals surface area contributed by atoms with Gasteiger partial charge in [0.15, 0.2) is 0 Å². The number of hydrogen-bond donors (Lipinski definition) is 2. The van der Waals surface area contributed by atoms with E-state index in [-0.39, 0.29) is 0 Å². The van der Waals surface area contributed by atoms with Crippen molar-refractivity contribution in [3.63, 3.8) is 0 Å². The van der Waals surface area contributed by atoms with Crippen LogP contribution in [0.1, 0.15) is 0 Å². The summed E-state index contributed by atoms with van der Waals surface area (Å²) in [5.41, 5.74) is 0. The maximum atomic E-state index is 11.1. The van der Waals surface area contributed by atoms with Crippen LogP contribution in [0.4, 0.5) is 9.59 Å². The van der Waals surface area contributed by atoms with E-state index < -0.39 is 12.2 Å². The van der Waals surface area contributed by atoms with Crippen molar-refractivity contribution in [1.29, 1.82) is 0 Å². The smallest absolute Gasteiger partial charge is 0.407 e. The average molecular weight is 288 g/mol. The molecule has 116 valence electrons. The lowest BCUT2D eigenvalue weighted by Crippen LogP contribution is -2.46. The Hall–Kier alpha value is -1.54. The summed E-state index contributed by atoms with van der Waals surface area (Å²) in [6, 6.07) is 0. The van der Waals surface area contributed by atoms with Gasteiger partial charge in [-0.15, -0.1) is 0 Å². The summed E-state index contributed by atoms with van der Waals surface area (Å²) in [7, 11) is 3.75. The predicted octanol–water partition coefficient (Wildman–Crippen LogP) is -0.176. The molecule has 0 aliphatic carbocycles. The summed E-state index contributed by atoms with van der Waals surface area (Å²) in [5, 5.41) is 18.3. The first-order chi connectivity index (χ1) is 9.40. The summed E-state index contributed by atoms with van der Waals surface area (Å²) >= 11 is 0. The third kappa shape index (κ3) is 5.62. The Labute approximate surface area is 119 Å². The first-order valence-corrected chi connectivity index (χ1v) is 6.73. The quantitative estimate of drug-likeness (QED) is 0.643. The number of amides is 2. The number of carbonyl (C=O) groups is 2. The van der Waals surface area contributed by atoms with Gasteiger partial charge in [0.05, 0.1) is 0 Å². The van der Waals surface area contributed by atoms with Crippen LogP contribution in [-0.4, -0.2) is 108 Å². The van der Waals surface area contributed by atoms with Crippen LogP contribution in [0.2, 0.25) is 0 Å². The molecule has 2 amide bonds. The fourth-order valence-corrected chi connectivity index (χ4v) is 2.00. The number of nitrogens with zero attached hydrogens (tertiary/aromatic N) is 4. The van der Waals surface area contributed by atoms with Gasteiger partial charge in [-0.2, -0.15) is 0 Å². The molecule has 8 nitrogen and oxygen atoms in total. The summed E-state index contributed by atoms with van der Waals surface area (Å²) < 4.78 is 0. The van der Waals surface area contributed by atoms with Crippen molar-refractivity contribution in [2.75, 3.05) is 66.5 Å². The lowest BCUT2D eigenvalue weighted by molar-refractivity contribution is 0.115. The molecule has 0 atom stereocenters. The Bertz CT molecular complexity index is 291. The maximum absolute atomic E-state index is 11.1. The molecule has 20 heavy (non-hydrogen) atoms. The molecule has 1 saturated heterocycles. The van der Waals surface area contributed by atoms with Crippen molar-refractivity contribution in [3.8, 4) is 0 Å². The lowest BCUT2D eigenvalue weighted by atomic mass is 10.3. The van der Waals surface area contributed by atoms with E-state index in [0.29, 0.717) is 52.4 Å². The summed E-state index contributed by atoms with van der Waals surface area (Å²) in [6.07, 6.45) is -1.81. The minimum atomic E-state index is -0.906. The second-order valence-corrected chi connectivity index (χ2v) is 5.15. The van der Waals surface area contributed by atoms with E-state index in [1.165, 1.54) is 9.80 Å². The predicted molar refractivity (Wildman–Crippen MR) is 74.2 cm³/mol. The maximum Gasteiger partial charge on any atom is 0.407 e. The van der Waals surface area contributed by atoms with Crippen LogP contribution in [0, 0.1) is 0 Å². The third-order valence-corrected chi connectivity index (χ3v) is 3.55. The highest BCUT2D eigenvalue weighted by atomic mass is 16.4. The molecule has 0 spiro atoms. The fourth-order valence-electron chi connectivity index (χ4n) is 2.00. The molecule has 0 bridgehead atoms. The van der Waals surface area contributed by atoms with Crippen molar-refractivity contribution in [1.82, 2.24) is 19.6 Å². The van der Waals surface area contributed by atoms with Crippen LogP contribution >= 0.6 is 0 Å². The van der Waals surface area contributed by atoms with Gasteiger partial charge in [0.2, 0.25) is 0 Å². The zero-order valence-corrected chi connectivity index (χ0v) is 12.2. The molecule has 1 aliphatic heterocycles. The Morgan fingerprint density at radius 1 is 0.650 bits per heavy atom. The van der Waals surface area contributed by atoms with Crippen LogP contribution in [0.3, 0.4) is 0 Å². The second-order valence-electron chi connectivity index (χ2n) is 5.15. The monoisotopic (exact) mass is 288 g/mol. The Kier molecular flexibility index (Phi) is 6.53. The van der Waals surface area contributed by atoms with Gasteiger partial charge in [-0.3, -0.25) is 0 Å². The lowest BCUT2D eigenvalue weighted by Gasteiger charge is -2.30.